The van der Waals surface area contributed by atoms with E-state index < -0.39 is 0 Å². The van der Waals surface area contributed by atoms with Gasteiger partial charge in [0.1, 0.15) is 6.61 Å². The van der Waals surface area contributed by atoms with Gasteiger partial charge in [-0.2, -0.15) is 11.8 Å². The molecule has 1 heterocycles. The summed E-state index contributed by atoms with van der Waals surface area (Å²) in [5.74, 6) is 2.14. The van der Waals surface area contributed by atoms with Gasteiger partial charge in [-0.15, -0.1) is 0 Å². The maximum Gasteiger partial charge on any atom is 0.332 e. The van der Waals surface area contributed by atoms with Gasteiger partial charge in [-0.1, -0.05) is 0 Å². The largest absolute Gasteiger partial charge is 0.464 e. The molecule has 0 aromatic heterocycles. The molecule has 1 rings (SSSR count). The molecule has 5 heteroatoms. The van der Waals surface area contributed by atoms with E-state index in [-0.39, 0.29) is 12.6 Å². The van der Waals surface area contributed by atoms with Gasteiger partial charge in [-0.25, -0.2) is 4.79 Å². The van der Waals surface area contributed by atoms with E-state index >= 15 is 0 Å². The molecule has 15 heavy (non-hydrogen) atoms. The highest BCUT2D eigenvalue weighted by atomic mass is 32.2. The third-order valence-corrected chi connectivity index (χ3v) is 3.12. The van der Waals surface area contributed by atoms with Crippen molar-refractivity contribution in [1.29, 1.82) is 0 Å². The van der Waals surface area contributed by atoms with Gasteiger partial charge >= 0.3 is 5.97 Å². The molecule has 1 aliphatic rings. The van der Waals surface area contributed by atoms with Gasteiger partial charge in [0.15, 0.2) is 0 Å². The van der Waals surface area contributed by atoms with E-state index in [1.165, 1.54) is 11.5 Å². The van der Waals surface area contributed by atoms with Crippen LogP contribution in [0.2, 0.25) is 0 Å². The smallest absolute Gasteiger partial charge is 0.332 e. The van der Waals surface area contributed by atoms with Crippen LogP contribution in [0.5, 0.6) is 0 Å². The fourth-order valence-corrected chi connectivity index (χ4v) is 2.36. The molecule has 0 N–H and O–H groups in total. The highest BCUT2D eigenvalue weighted by Gasteiger charge is 2.09. The summed E-state index contributed by atoms with van der Waals surface area (Å²) >= 11 is 1.99. The third kappa shape index (κ3) is 6.02. The van der Waals surface area contributed by atoms with Crippen LogP contribution in [-0.4, -0.2) is 61.8 Å². The van der Waals surface area contributed by atoms with Crippen LogP contribution >= 0.6 is 11.8 Å². The van der Waals surface area contributed by atoms with Crippen molar-refractivity contribution in [3.05, 3.63) is 0 Å². The molecule has 4 nitrogen and oxygen atoms in total. The van der Waals surface area contributed by atoms with Crippen molar-refractivity contribution >= 4 is 17.7 Å². The second-order valence-corrected chi connectivity index (χ2v) is 4.54. The molecule has 0 aromatic rings. The molecule has 1 saturated heterocycles. The van der Waals surface area contributed by atoms with E-state index in [1.54, 1.807) is 6.92 Å². The maximum absolute atomic E-state index is 10.9. The van der Waals surface area contributed by atoms with Gasteiger partial charge in [0.25, 0.3) is 0 Å². The SMILES string of the molecule is CCOC(=O)COCCN1CCSCC1. The molecule has 0 aliphatic carbocycles. The molecule has 0 saturated carbocycles. The fourth-order valence-electron chi connectivity index (χ4n) is 1.38. The Balaban J connectivity index is 1.93. The number of ether oxygens (including phenoxy) is 2. The lowest BCUT2D eigenvalue weighted by molar-refractivity contribution is -0.148. The number of rotatable bonds is 6. The second kappa shape index (κ2) is 7.96. The van der Waals surface area contributed by atoms with Crippen molar-refractivity contribution in [1.82, 2.24) is 4.90 Å². The average Bonchev–Trinajstić information content (AvgIpc) is 2.26. The number of nitrogens with zero attached hydrogens (tertiary/aromatic N) is 1. The van der Waals surface area contributed by atoms with Gasteiger partial charge in [0.2, 0.25) is 0 Å². The zero-order valence-electron chi connectivity index (χ0n) is 9.24. The van der Waals surface area contributed by atoms with Crippen LogP contribution in [0.4, 0.5) is 0 Å². The minimum absolute atomic E-state index is 0.0798. The van der Waals surface area contributed by atoms with Gasteiger partial charge in [0, 0.05) is 31.1 Å². The number of esters is 1. The zero-order valence-corrected chi connectivity index (χ0v) is 10.1. The predicted molar refractivity (Wildman–Crippen MR) is 61.2 cm³/mol. The van der Waals surface area contributed by atoms with Crippen LogP contribution in [0.25, 0.3) is 0 Å². The molecule has 0 atom stereocenters. The Morgan fingerprint density at radius 1 is 1.40 bits per heavy atom. The molecule has 0 amide bonds. The maximum atomic E-state index is 10.9. The van der Waals surface area contributed by atoms with Gasteiger partial charge in [-0.3, -0.25) is 4.90 Å². The van der Waals surface area contributed by atoms with Crippen LogP contribution in [0.1, 0.15) is 6.92 Å². The topological polar surface area (TPSA) is 38.8 Å². The molecule has 0 spiro atoms. The quantitative estimate of drug-likeness (QED) is 0.496. The summed E-state index contributed by atoms with van der Waals surface area (Å²) in [6, 6.07) is 0. The Bertz CT molecular complexity index is 184. The number of carbonyl (C=O) groups excluding carboxylic acids is 1. The molecule has 0 radical (unpaired) electrons. The van der Waals surface area contributed by atoms with Crippen LogP contribution in [0, 0.1) is 0 Å². The molecule has 1 fully saturated rings. The van der Waals surface area contributed by atoms with Crippen LogP contribution in [0.3, 0.4) is 0 Å². The lowest BCUT2D eigenvalue weighted by atomic mass is 10.5. The summed E-state index contributed by atoms with van der Waals surface area (Å²) in [4.78, 5) is 13.3. The standard InChI is InChI=1S/C10H19NO3S/c1-2-14-10(12)9-13-6-3-11-4-7-15-8-5-11/h2-9H2,1H3. The highest BCUT2D eigenvalue weighted by Crippen LogP contribution is 2.08. The van der Waals surface area contributed by atoms with Crippen molar-refractivity contribution < 1.29 is 14.3 Å². The van der Waals surface area contributed by atoms with E-state index in [1.807, 2.05) is 11.8 Å². The van der Waals surface area contributed by atoms with E-state index in [9.17, 15) is 4.79 Å². The molecule has 0 aromatic carbocycles. The number of thioether (sulfide) groups is 1. The van der Waals surface area contributed by atoms with Crippen LogP contribution in [-0.2, 0) is 14.3 Å². The molecular weight excluding hydrogens is 214 g/mol. The monoisotopic (exact) mass is 233 g/mol. The summed E-state index contributed by atoms with van der Waals surface area (Å²) in [7, 11) is 0. The minimum atomic E-state index is -0.272. The Morgan fingerprint density at radius 3 is 2.80 bits per heavy atom. The minimum Gasteiger partial charge on any atom is -0.464 e. The second-order valence-electron chi connectivity index (χ2n) is 3.31. The molecule has 0 unspecified atom stereocenters. The van der Waals surface area contributed by atoms with E-state index in [0.717, 1.165) is 19.6 Å². The Hall–Kier alpha value is -0.260. The average molecular weight is 233 g/mol. The Kier molecular flexibility index (Phi) is 6.80. The highest BCUT2D eigenvalue weighted by molar-refractivity contribution is 7.99. The third-order valence-electron chi connectivity index (χ3n) is 2.18. The van der Waals surface area contributed by atoms with Gasteiger partial charge in [0.05, 0.1) is 13.2 Å². The Morgan fingerprint density at radius 2 is 2.13 bits per heavy atom. The number of carbonyl (C=O) groups is 1. The van der Waals surface area contributed by atoms with Crippen molar-refractivity contribution in [3.8, 4) is 0 Å². The fraction of sp³-hybridized carbons (Fsp3) is 0.900. The van der Waals surface area contributed by atoms with Crippen molar-refractivity contribution in [2.45, 2.75) is 6.92 Å². The molecule has 1 aliphatic heterocycles. The Labute approximate surface area is 95.3 Å². The van der Waals surface area contributed by atoms with Crippen LogP contribution in [0.15, 0.2) is 0 Å². The van der Waals surface area contributed by atoms with Crippen LogP contribution < -0.4 is 0 Å². The number of hydrogen-bond donors (Lipinski definition) is 0. The van der Waals surface area contributed by atoms with Crippen molar-refractivity contribution in [2.24, 2.45) is 0 Å². The predicted octanol–water partition coefficient (Wildman–Crippen LogP) is 0.615. The summed E-state index contributed by atoms with van der Waals surface area (Å²) < 4.78 is 9.98. The lowest BCUT2D eigenvalue weighted by Gasteiger charge is -2.25. The van der Waals surface area contributed by atoms with E-state index in [2.05, 4.69) is 4.90 Å². The molecular formula is C10H19NO3S. The van der Waals surface area contributed by atoms with E-state index in [0.29, 0.717) is 13.2 Å². The first-order valence-corrected chi connectivity index (χ1v) is 6.52. The molecule has 0 bridgehead atoms. The first kappa shape index (κ1) is 12.8. The van der Waals surface area contributed by atoms with Crippen molar-refractivity contribution in [2.75, 3.05) is 51.0 Å². The summed E-state index contributed by atoms with van der Waals surface area (Å²) in [6.45, 7) is 6.09. The summed E-state index contributed by atoms with van der Waals surface area (Å²) in [5, 5.41) is 0. The van der Waals surface area contributed by atoms with Crippen molar-refractivity contribution in [3.63, 3.8) is 0 Å². The number of hydrogen-bond acceptors (Lipinski definition) is 5. The first-order valence-electron chi connectivity index (χ1n) is 5.36. The van der Waals surface area contributed by atoms with Gasteiger partial charge in [-0.05, 0) is 6.92 Å². The van der Waals surface area contributed by atoms with Gasteiger partial charge < -0.3 is 9.47 Å². The summed E-state index contributed by atoms with van der Waals surface area (Å²) in [5.41, 5.74) is 0. The lowest BCUT2D eigenvalue weighted by Crippen LogP contribution is -2.35. The first-order chi connectivity index (χ1) is 7.33. The zero-order chi connectivity index (χ0) is 10.9. The molecule has 88 valence electrons. The summed E-state index contributed by atoms with van der Waals surface area (Å²) in [6.07, 6.45) is 0. The van der Waals surface area contributed by atoms with E-state index in [4.69, 9.17) is 9.47 Å². The normalized spacial score (nSPS) is 17.7.